The Hall–Kier alpha value is -1.53. The molecule has 0 unspecified atom stereocenters. The molecular weight excluding hydrogens is 175 g/mol. The number of carbonyl (C=O) groups is 1. The average molecular weight is 179 g/mol. The third-order valence-electron chi connectivity index (χ3n) is 0.961. The molecule has 0 fully saturated rings. The van der Waals surface area contributed by atoms with Gasteiger partial charge in [0.05, 0.1) is 0 Å². The molecule has 0 aliphatic carbocycles. The topological polar surface area (TPSA) is 46.9 Å². The summed E-state index contributed by atoms with van der Waals surface area (Å²) in [6.07, 6.45) is -2.40. The van der Waals surface area contributed by atoms with Crippen molar-refractivity contribution in [1.82, 2.24) is 15.1 Å². The number of hydrogen-bond donors (Lipinski definition) is 1. The Kier molecular flexibility index (Phi) is 2.03. The summed E-state index contributed by atoms with van der Waals surface area (Å²) >= 11 is 0. The Morgan fingerprint density at radius 3 is 2.58 bits per heavy atom. The Morgan fingerprint density at radius 2 is 2.17 bits per heavy atom. The summed E-state index contributed by atoms with van der Waals surface area (Å²) in [7, 11) is 0. The number of nitrogens with one attached hydrogen (secondary N) is 1. The number of nitrogens with zero attached hydrogens (tertiary/aromatic N) is 2. The second-order valence-corrected chi connectivity index (χ2v) is 1.88. The number of rotatable bonds is 0. The van der Waals surface area contributed by atoms with E-state index in [1.165, 1.54) is 12.3 Å². The van der Waals surface area contributed by atoms with Crippen molar-refractivity contribution in [2.45, 2.75) is 6.30 Å². The van der Waals surface area contributed by atoms with E-state index in [1.807, 2.05) is 0 Å². The Bertz CT molecular complexity index is 266. The predicted molar refractivity (Wildman–Crippen MR) is 32.2 cm³/mol. The fourth-order valence-electron chi connectivity index (χ4n) is 0.567. The summed E-state index contributed by atoms with van der Waals surface area (Å²) < 4.78 is 35.1. The molecule has 4 nitrogen and oxygen atoms in total. The molecule has 1 aromatic rings. The van der Waals surface area contributed by atoms with Crippen LogP contribution in [0.3, 0.4) is 0 Å². The van der Waals surface area contributed by atoms with Crippen LogP contribution in [0.25, 0.3) is 0 Å². The van der Waals surface area contributed by atoms with Gasteiger partial charge in [0.15, 0.2) is 0 Å². The van der Waals surface area contributed by atoms with E-state index in [0.717, 1.165) is 11.5 Å². The molecule has 0 bridgehead atoms. The van der Waals surface area contributed by atoms with Crippen molar-refractivity contribution in [1.29, 1.82) is 0 Å². The third-order valence-corrected chi connectivity index (χ3v) is 0.961. The fourth-order valence-corrected chi connectivity index (χ4v) is 0.567. The number of amides is 1. The van der Waals surface area contributed by atoms with E-state index in [0.29, 0.717) is 4.68 Å². The zero-order chi connectivity index (χ0) is 9.19. The minimum Gasteiger partial charge on any atom is -0.247 e. The summed E-state index contributed by atoms with van der Waals surface area (Å²) in [6, 6.07) is 0.0168. The average Bonchev–Trinajstić information content (AvgIpc) is 2.32. The maximum Gasteiger partial charge on any atom is 0.486 e. The SMILES string of the molecule is O=C(NC(F)(F)F)n1cccn1. The zero-order valence-corrected chi connectivity index (χ0v) is 5.67. The van der Waals surface area contributed by atoms with Crippen LogP contribution in [0.15, 0.2) is 18.5 Å². The number of hydrogen-bond acceptors (Lipinski definition) is 2. The van der Waals surface area contributed by atoms with Crippen molar-refractivity contribution in [3.05, 3.63) is 18.5 Å². The first-order valence-corrected chi connectivity index (χ1v) is 2.88. The van der Waals surface area contributed by atoms with Crippen LogP contribution in [0.5, 0.6) is 0 Å². The van der Waals surface area contributed by atoms with Gasteiger partial charge in [-0.05, 0) is 6.07 Å². The minimum atomic E-state index is -4.72. The molecule has 0 aromatic carbocycles. The maximum atomic E-state index is 11.5. The van der Waals surface area contributed by atoms with E-state index >= 15 is 0 Å². The normalized spacial score (nSPS) is 11.2. The smallest absolute Gasteiger partial charge is 0.247 e. The summed E-state index contributed by atoms with van der Waals surface area (Å²) in [5, 5.41) is 4.09. The molecule has 0 aliphatic rings. The lowest BCUT2D eigenvalue weighted by molar-refractivity contribution is -0.145. The van der Waals surface area contributed by atoms with E-state index in [1.54, 1.807) is 0 Å². The van der Waals surface area contributed by atoms with Crippen molar-refractivity contribution in [2.75, 3.05) is 0 Å². The van der Waals surface area contributed by atoms with E-state index in [2.05, 4.69) is 5.10 Å². The van der Waals surface area contributed by atoms with E-state index in [-0.39, 0.29) is 0 Å². The quantitative estimate of drug-likeness (QED) is 0.603. The summed E-state index contributed by atoms with van der Waals surface area (Å²) in [6.45, 7) is 0. The number of aromatic nitrogens is 2. The van der Waals surface area contributed by atoms with Gasteiger partial charge in [-0.25, -0.2) is 10.1 Å². The highest BCUT2D eigenvalue weighted by Crippen LogP contribution is 2.09. The Labute approximate surface area is 65.0 Å². The lowest BCUT2D eigenvalue weighted by Gasteiger charge is -2.06. The van der Waals surface area contributed by atoms with Gasteiger partial charge in [0.25, 0.3) is 0 Å². The van der Waals surface area contributed by atoms with Crippen molar-refractivity contribution < 1.29 is 18.0 Å². The van der Waals surface area contributed by atoms with Crippen LogP contribution in [0.1, 0.15) is 0 Å². The summed E-state index contributed by atoms with van der Waals surface area (Å²) in [4.78, 5) is 10.6. The highest BCUT2D eigenvalue weighted by atomic mass is 19.4. The molecule has 1 rings (SSSR count). The molecule has 0 aliphatic heterocycles. The van der Waals surface area contributed by atoms with Gasteiger partial charge < -0.3 is 0 Å². The standard InChI is InChI=1S/C5H4F3N3O/c6-5(7,8)10-4(12)11-3-1-2-9-11/h1-3H,(H,10,12). The van der Waals surface area contributed by atoms with Crippen LogP contribution in [0.2, 0.25) is 0 Å². The van der Waals surface area contributed by atoms with E-state index in [4.69, 9.17) is 0 Å². The number of carbonyl (C=O) groups excluding carboxylic acids is 1. The van der Waals surface area contributed by atoms with Crippen LogP contribution >= 0.6 is 0 Å². The monoisotopic (exact) mass is 179 g/mol. The van der Waals surface area contributed by atoms with E-state index < -0.39 is 12.3 Å². The molecule has 1 heterocycles. The molecule has 0 atom stereocenters. The second-order valence-electron chi connectivity index (χ2n) is 1.88. The molecule has 12 heavy (non-hydrogen) atoms. The molecule has 66 valence electrons. The van der Waals surface area contributed by atoms with Crippen molar-refractivity contribution in [3.63, 3.8) is 0 Å². The second kappa shape index (κ2) is 2.84. The first-order chi connectivity index (χ1) is 5.49. The fraction of sp³-hybridized carbons (Fsp3) is 0.200. The lowest BCUT2D eigenvalue weighted by atomic mass is 10.7. The summed E-state index contributed by atoms with van der Waals surface area (Å²) in [5.41, 5.74) is 0. The van der Waals surface area contributed by atoms with Gasteiger partial charge >= 0.3 is 12.3 Å². The Morgan fingerprint density at radius 1 is 1.50 bits per heavy atom. The molecule has 0 radical (unpaired) electrons. The van der Waals surface area contributed by atoms with Gasteiger partial charge in [0.2, 0.25) is 0 Å². The van der Waals surface area contributed by atoms with Gasteiger partial charge in [-0.1, -0.05) is 0 Å². The van der Waals surface area contributed by atoms with Crippen LogP contribution in [0, 0.1) is 0 Å². The van der Waals surface area contributed by atoms with Gasteiger partial charge in [-0.15, -0.1) is 0 Å². The minimum absolute atomic E-state index is 0.549. The first-order valence-electron chi connectivity index (χ1n) is 2.88. The molecule has 1 amide bonds. The molecule has 1 N–H and O–H groups in total. The Balaban J connectivity index is 2.63. The predicted octanol–water partition coefficient (Wildman–Crippen LogP) is 0.961. The van der Waals surface area contributed by atoms with Crippen LogP contribution in [-0.2, 0) is 0 Å². The van der Waals surface area contributed by atoms with Crippen LogP contribution in [0.4, 0.5) is 18.0 Å². The molecule has 0 saturated carbocycles. The van der Waals surface area contributed by atoms with Crippen molar-refractivity contribution in [3.8, 4) is 0 Å². The zero-order valence-electron chi connectivity index (χ0n) is 5.67. The van der Waals surface area contributed by atoms with Gasteiger partial charge in [-0.2, -0.15) is 23.0 Å². The van der Waals surface area contributed by atoms with Gasteiger partial charge in [0, 0.05) is 12.4 Å². The highest BCUT2D eigenvalue weighted by Gasteiger charge is 2.30. The molecule has 1 aromatic heterocycles. The van der Waals surface area contributed by atoms with Crippen molar-refractivity contribution >= 4 is 6.03 Å². The summed E-state index contributed by atoms with van der Waals surface area (Å²) in [5.74, 6) is 0. The number of halogens is 3. The van der Waals surface area contributed by atoms with E-state index in [9.17, 15) is 18.0 Å². The number of alkyl halides is 3. The molecule has 7 heteroatoms. The molecule has 0 saturated heterocycles. The van der Waals surface area contributed by atoms with Crippen LogP contribution in [-0.4, -0.2) is 22.1 Å². The van der Waals surface area contributed by atoms with Crippen molar-refractivity contribution in [2.24, 2.45) is 0 Å². The highest BCUT2D eigenvalue weighted by molar-refractivity contribution is 5.75. The van der Waals surface area contributed by atoms with Gasteiger partial charge in [-0.3, -0.25) is 0 Å². The molecule has 0 spiro atoms. The van der Waals surface area contributed by atoms with Crippen LogP contribution < -0.4 is 5.32 Å². The largest absolute Gasteiger partial charge is 0.486 e. The molecular formula is C5H4F3N3O. The van der Waals surface area contributed by atoms with Gasteiger partial charge in [0.1, 0.15) is 0 Å². The maximum absolute atomic E-state index is 11.5. The lowest BCUT2D eigenvalue weighted by Crippen LogP contribution is -2.40. The first kappa shape index (κ1) is 8.57. The third kappa shape index (κ3) is 2.26.